The quantitative estimate of drug-likeness (QED) is 0.824. The summed E-state index contributed by atoms with van der Waals surface area (Å²) in [6.45, 7) is 0.210. The van der Waals surface area contributed by atoms with Gasteiger partial charge in [0.15, 0.2) is 0 Å². The lowest BCUT2D eigenvalue weighted by atomic mass is 10.2. The number of ether oxygens (including phenoxy) is 1. The van der Waals surface area contributed by atoms with Gasteiger partial charge in [0.05, 0.1) is 10.7 Å². The summed E-state index contributed by atoms with van der Waals surface area (Å²) in [6.07, 6.45) is -0.289. The predicted octanol–water partition coefficient (Wildman–Crippen LogP) is 2.84. The molecule has 0 radical (unpaired) electrons. The Labute approximate surface area is 137 Å². The molecule has 22 heavy (non-hydrogen) atoms. The molecule has 0 fully saturated rings. The Morgan fingerprint density at radius 1 is 1.27 bits per heavy atom. The lowest BCUT2D eigenvalue weighted by Crippen LogP contribution is -2.37. The van der Waals surface area contributed by atoms with Gasteiger partial charge in [-0.1, -0.05) is 23.7 Å². The summed E-state index contributed by atoms with van der Waals surface area (Å²) in [7, 11) is 1.55. The van der Waals surface area contributed by atoms with E-state index in [1.54, 1.807) is 42.7 Å². The number of rotatable bonds is 5. The molecule has 0 aliphatic carbocycles. The molecule has 2 N–H and O–H groups in total. The Bertz CT molecular complexity index is 646. The Balaban J connectivity index is 1.89. The molecule has 7 heteroatoms. The van der Waals surface area contributed by atoms with E-state index >= 15 is 0 Å². The van der Waals surface area contributed by atoms with Gasteiger partial charge in [0.2, 0.25) is 0 Å². The number of carbonyl (C=O) groups is 2. The van der Waals surface area contributed by atoms with E-state index in [0.29, 0.717) is 10.7 Å². The Kier molecular flexibility index (Phi) is 5.94. The van der Waals surface area contributed by atoms with Crippen molar-refractivity contribution in [3.8, 4) is 0 Å². The smallest absolute Gasteiger partial charge is 0.313 e. The summed E-state index contributed by atoms with van der Waals surface area (Å²) in [5, 5.41) is 9.24. The number of anilines is 1. The van der Waals surface area contributed by atoms with E-state index in [2.05, 4.69) is 10.6 Å². The van der Waals surface area contributed by atoms with Crippen LogP contribution in [0.25, 0.3) is 0 Å². The minimum atomic E-state index is -0.770. The lowest BCUT2D eigenvalue weighted by Gasteiger charge is -2.15. The molecule has 1 heterocycles. The molecule has 116 valence electrons. The van der Waals surface area contributed by atoms with Gasteiger partial charge in [0, 0.05) is 13.7 Å². The van der Waals surface area contributed by atoms with Crippen LogP contribution in [-0.4, -0.2) is 25.5 Å². The number of para-hydroxylation sites is 1. The fourth-order valence-electron chi connectivity index (χ4n) is 1.80. The highest BCUT2D eigenvalue weighted by Gasteiger charge is 2.18. The Hall–Kier alpha value is -1.89. The molecular weight excluding hydrogens is 324 g/mol. The fraction of sp³-hybridized carbons (Fsp3) is 0.200. The van der Waals surface area contributed by atoms with Crippen molar-refractivity contribution in [2.24, 2.45) is 0 Å². The van der Waals surface area contributed by atoms with Crippen LogP contribution < -0.4 is 10.6 Å². The summed E-state index contributed by atoms with van der Waals surface area (Å²) in [5.74, 6) is -1.51. The van der Waals surface area contributed by atoms with Crippen molar-refractivity contribution >= 4 is 40.4 Å². The van der Waals surface area contributed by atoms with Crippen LogP contribution in [0.2, 0.25) is 5.02 Å². The molecule has 0 aliphatic rings. The number of thiophene rings is 1. The summed E-state index contributed by atoms with van der Waals surface area (Å²) in [5.41, 5.74) is 1.35. The maximum Gasteiger partial charge on any atom is 0.313 e. The molecule has 1 atom stereocenters. The van der Waals surface area contributed by atoms with E-state index in [1.165, 1.54) is 0 Å². The largest absolute Gasteiger partial charge is 0.375 e. The second-order valence-corrected chi connectivity index (χ2v) is 5.61. The number of hydrogen-bond acceptors (Lipinski definition) is 4. The van der Waals surface area contributed by atoms with Crippen LogP contribution in [0.3, 0.4) is 0 Å². The van der Waals surface area contributed by atoms with Crippen LogP contribution >= 0.6 is 22.9 Å². The molecular formula is C15H15ClN2O3S. The number of benzene rings is 1. The van der Waals surface area contributed by atoms with Crippen molar-refractivity contribution < 1.29 is 14.3 Å². The maximum atomic E-state index is 11.8. The van der Waals surface area contributed by atoms with Crippen molar-refractivity contribution in [3.05, 3.63) is 51.7 Å². The average Bonchev–Trinajstić information content (AvgIpc) is 3.04. The molecule has 0 saturated heterocycles. The first-order chi connectivity index (χ1) is 10.6. The van der Waals surface area contributed by atoms with Gasteiger partial charge in [-0.25, -0.2) is 0 Å². The molecule has 0 spiro atoms. The van der Waals surface area contributed by atoms with Crippen LogP contribution in [0.1, 0.15) is 11.7 Å². The number of methoxy groups -OCH3 is 1. The van der Waals surface area contributed by atoms with E-state index in [-0.39, 0.29) is 12.6 Å². The van der Waals surface area contributed by atoms with Crippen molar-refractivity contribution in [2.75, 3.05) is 19.0 Å². The third kappa shape index (κ3) is 4.30. The first kappa shape index (κ1) is 16.5. The van der Waals surface area contributed by atoms with Crippen LogP contribution in [0, 0.1) is 0 Å². The van der Waals surface area contributed by atoms with E-state index in [4.69, 9.17) is 16.3 Å². The minimum Gasteiger partial charge on any atom is -0.375 e. The standard InChI is InChI=1S/C15H15ClN2O3S/c1-21-13(10-6-7-22-9-10)8-17-14(19)15(20)18-12-5-3-2-4-11(12)16/h2-7,9,13H,8H2,1H3,(H,17,19)(H,18,20). The highest BCUT2D eigenvalue weighted by Crippen LogP contribution is 2.20. The van der Waals surface area contributed by atoms with Crippen LogP contribution in [-0.2, 0) is 14.3 Å². The van der Waals surface area contributed by atoms with Crippen LogP contribution in [0.4, 0.5) is 5.69 Å². The molecule has 1 unspecified atom stereocenters. The van der Waals surface area contributed by atoms with Crippen LogP contribution in [0.15, 0.2) is 41.1 Å². The normalized spacial score (nSPS) is 11.7. The molecule has 2 rings (SSSR count). The SMILES string of the molecule is COC(CNC(=O)C(=O)Nc1ccccc1Cl)c1ccsc1. The number of hydrogen-bond donors (Lipinski definition) is 2. The lowest BCUT2D eigenvalue weighted by molar-refractivity contribution is -0.136. The van der Waals surface area contributed by atoms with Gasteiger partial charge in [0.25, 0.3) is 0 Å². The summed E-state index contributed by atoms with van der Waals surface area (Å²) in [4.78, 5) is 23.7. The Morgan fingerprint density at radius 3 is 2.68 bits per heavy atom. The number of amides is 2. The third-order valence-electron chi connectivity index (χ3n) is 2.98. The molecule has 1 aromatic heterocycles. The van der Waals surface area contributed by atoms with Crippen LogP contribution in [0.5, 0.6) is 0 Å². The fourth-order valence-corrected chi connectivity index (χ4v) is 2.69. The highest BCUT2D eigenvalue weighted by molar-refractivity contribution is 7.07. The highest BCUT2D eigenvalue weighted by atomic mass is 35.5. The zero-order valence-electron chi connectivity index (χ0n) is 11.8. The minimum absolute atomic E-state index is 0.210. The topological polar surface area (TPSA) is 67.4 Å². The van der Waals surface area contributed by atoms with Crippen molar-refractivity contribution in [1.29, 1.82) is 0 Å². The first-order valence-electron chi connectivity index (χ1n) is 6.50. The Morgan fingerprint density at radius 2 is 2.05 bits per heavy atom. The molecule has 0 bridgehead atoms. The molecule has 1 aromatic carbocycles. The molecule has 0 saturated carbocycles. The maximum absolute atomic E-state index is 11.8. The van der Waals surface area contributed by atoms with Gasteiger partial charge < -0.3 is 15.4 Å². The second kappa shape index (κ2) is 7.93. The van der Waals surface area contributed by atoms with Crippen molar-refractivity contribution in [2.45, 2.75) is 6.10 Å². The molecule has 5 nitrogen and oxygen atoms in total. The molecule has 0 aliphatic heterocycles. The van der Waals surface area contributed by atoms with E-state index in [0.717, 1.165) is 5.56 Å². The third-order valence-corrected chi connectivity index (χ3v) is 4.01. The zero-order chi connectivity index (χ0) is 15.9. The van der Waals surface area contributed by atoms with Crippen molar-refractivity contribution in [3.63, 3.8) is 0 Å². The van der Waals surface area contributed by atoms with Crippen molar-refractivity contribution in [1.82, 2.24) is 5.32 Å². The van der Waals surface area contributed by atoms with Gasteiger partial charge in [-0.2, -0.15) is 11.3 Å². The predicted molar refractivity (Wildman–Crippen MR) is 87.2 cm³/mol. The van der Waals surface area contributed by atoms with E-state index in [9.17, 15) is 9.59 Å². The van der Waals surface area contributed by atoms with Gasteiger partial charge in [-0.3, -0.25) is 9.59 Å². The second-order valence-electron chi connectivity index (χ2n) is 4.43. The van der Waals surface area contributed by atoms with Gasteiger partial charge in [0.1, 0.15) is 6.10 Å². The monoisotopic (exact) mass is 338 g/mol. The number of carbonyl (C=O) groups excluding carboxylic acids is 2. The first-order valence-corrected chi connectivity index (χ1v) is 7.82. The molecule has 2 amide bonds. The number of nitrogens with one attached hydrogen (secondary N) is 2. The zero-order valence-corrected chi connectivity index (χ0v) is 13.4. The van der Waals surface area contributed by atoms with E-state index in [1.807, 2.05) is 16.8 Å². The average molecular weight is 339 g/mol. The van der Waals surface area contributed by atoms with Gasteiger partial charge >= 0.3 is 11.8 Å². The van der Waals surface area contributed by atoms with Gasteiger partial charge in [-0.05, 0) is 34.5 Å². The number of halogens is 1. The summed E-state index contributed by atoms with van der Waals surface area (Å²) >= 11 is 7.47. The van der Waals surface area contributed by atoms with E-state index < -0.39 is 11.8 Å². The summed E-state index contributed by atoms with van der Waals surface area (Å²) in [6, 6.07) is 8.62. The van der Waals surface area contributed by atoms with Gasteiger partial charge in [-0.15, -0.1) is 0 Å². The molecule has 2 aromatic rings. The summed E-state index contributed by atoms with van der Waals surface area (Å²) < 4.78 is 5.30.